The number of benzene rings is 1. The Morgan fingerprint density at radius 3 is 2.86 bits per heavy atom. The average molecular weight is 288 g/mol. The molecular formula is C17H24N2O2. The fourth-order valence-electron chi connectivity index (χ4n) is 2.25. The number of amides is 1. The average Bonchev–Trinajstić information content (AvgIpc) is 2.90. The molecule has 1 aromatic heterocycles. The molecule has 0 aliphatic carbocycles. The van der Waals surface area contributed by atoms with Crippen molar-refractivity contribution in [3.05, 3.63) is 36.1 Å². The number of nitrogens with zero attached hydrogens (tertiary/aromatic N) is 1. The summed E-state index contributed by atoms with van der Waals surface area (Å²) < 4.78 is 5.86. The number of rotatable bonds is 7. The molecule has 0 fully saturated rings. The van der Waals surface area contributed by atoms with Crippen LogP contribution in [0.3, 0.4) is 0 Å². The van der Waals surface area contributed by atoms with Crippen LogP contribution in [0.2, 0.25) is 0 Å². The van der Waals surface area contributed by atoms with Crippen LogP contribution in [0.25, 0.3) is 11.0 Å². The number of hydrogen-bond donors (Lipinski definition) is 1. The van der Waals surface area contributed by atoms with Crippen LogP contribution < -0.4 is 5.32 Å². The van der Waals surface area contributed by atoms with Crippen molar-refractivity contribution in [2.75, 3.05) is 20.1 Å². The van der Waals surface area contributed by atoms with E-state index in [4.69, 9.17) is 4.42 Å². The van der Waals surface area contributed by atoms with Crippen molar-refractivity contribution in [2.45, 2.75) is 32.7 Å². The number of carbonyl (C=O) groups excluding carboxylic acids is 1. The summed E-state index contributed by atoms with van der Waals surface area (Å²) in [6.07, 6.45) is 2.11. The Morgan fingerprint density at radius 1 is 1.38 bits per heavy atom. The van der Waals surface area contributed by atoms with Crippen LogP contribution in [-0.2, 0) is 4.79 Å². The number of unbranched alkanes of at least 4 members (excludes halogenated alkanes) is 1. The minimum Gasteiger partial charge on any atom is -0.459 e. The summed E-state index contributed by atoms with van der Waals surface area (Å²) >= 11 is 0. The maximum absolute atomic E-state index is 11.9. The van der Waals surface area contributed by atoms with Crippen molar-refractivity contribution in [3.63, 3.8) is 0 Å². The molecule has 114 valence electrons. The monoisotopic (exact) mass is 288 g/mol. The van der Waals surface area contributed by atoms with E-state index in [1.165, 1.54) is 0 Å². The Bertz CT molecular complexity index is 558. The van der Waals surface area contributed by atoms with Gasteiger partial charge in [0.15, 0.2) is 0 Å². The van der Waals surface area contributed by atoms with Crippen LogP contribution in [0, 0.1) is 0 Å². The van der Waals surface area contributed by atoms with Gasteiger partial charge in [-0.25, -0.2) is 0 Å². The van der Waals surface area contributed by atoms with Gasteiger partial charge in [-0.3, -0.25) is 9.69 Å². The highest BCUT2D eigenvalue weighted by molar-refractivity contribution is 5.78. The molecule has 1 heterocycles. The maximum atomic E-state index is 11.9. The van der Waals surface area contributed by atoms with Crippen molar-refractivity contribution in [3.8, 4) is 0 Å². The highest BCUT2D eigenvalue weighted by Gasteiger charge is 2.18. The Labute approximate surface area is 126 Å². The molecule has 2 rings (SSSR count). The third kappa shape index (κ3) is 4.08. The molecular weight excluding hydrogens is 264 g/mol. The second-order valence-corrected chi connectivity index (χ2v) is 5.48. The van der Waals surface area contributed by atoms with Crippen LogP contribution in [0.5, 0.6) is 0 Å². The first kappa shape index (κ1) is 15.6. The van der Waals surface area contributed by atoms with Crippen molar-refractivity contribution in [1.82, 2.24) is 10.2 Å². The summed E-state index contributed by atoms with van der Waals surface area (Å²) in [5, 5.41) is 4.03. The topological polar surface area (TPSA) is 45.5 Å². The lowest BCUT2D eigenvalue weighted by atomic mass is 10.2. The molecule has 1 N–H and O–H groups in total. The van der Waals surface area contributed by atoms with Crippen LogP contribution in [0.1, 0.15) is 38.5 Å². The number of para-hydroxylation sites is 1. The molecule has 1 atom stereocenters. The molecule has 4 heteroatoms. The number of fused-ring (bicyclic) bond motifs is 1. The van der Waals surface area contributed by atoms with E-state index in [9.17, 15) is 4.79 Å². The second-order valence-electron chi connectivity index (χ2n) is 5.48. The summed E-state index contributed by atoms with van der Waals surface area (Å²) in [5.74, 6) is 0.953. The van der Waals surface area contributed by atoms with E-state index in [0.29, 0.717) is 6.54 Å². The zero-order chi connectivity index (χ0) is 15.2. The molecule has 0 aliphatic heterocycles. The summed E-state index contributed by atoms with van der Waals surface area (Å²) in [7, 11) is 1.94. The van der Waals surface area contributed by atoms with E-state index in [2.05, 4.69) is 19.2 Å². The molecule has 0 saturated carbocycles. The lowest BCUT2D eigenvalue weighted by Crippen LogP contribution is -2.36. The van der Waals surface area contributed by atoms with Gasteiger partial charge in [0.05, 0.1) is 12.6 Å². The van der Waals surface area contributed by atoms with Gasteiger partial charge in [0.1, 0.15) is 11.3 Å². The van der Waals surface area contributed by atoms with E-state index in [0.717, 1.165) is 36.1 Å². The number of hydrogen-bond acceptors (Lipinski definition) is 3. The zero-order valence-corrected chi connectivity index (χ0v) is 13.1. The summed E-state index contributed by atoms with van der Waals surface area (Å²) in [4.78, 5) is 13.9. The standard InChI is InChI=1S/C17H24N2O2/c1-4-5-10-18-17(20)12-19(3)13(2)16-11-14-8-6-7-9-15(14)21-16/h6-9,11,13H,4-5,10,12H2,1-3H3,(H,18,20). The molecule has 0 spiro atoms. The molecule has 0 radical (unpaired) electrons. The quantitative estimate of drug-likeness (QED) is 0.795. The van der Waals surface area contributed by atoms with E-state index >= 15 is 0 Å². The summed E-state index contributed by atoms with van der Waals surface area (Å²) in [5.41, 5.74) is 0.889. The number of nitrogens with one attached hydrogen (secondary N) is 1. The fraction of sp³-hybridized carbons (Fsp3) is 0.471. The lowest BCUT2D eigenvalue weighted by Gasteiger charge is -2.22. The third-order valence-electron chi connectivity index (χ3n) is 3.76. The van der Waals surface area contributed by atoms with E-state index in [-0.39, 0.29) is 11.9 Å². The fourth-order valence-corrected chi connectivity index (χ4v) is 2.25. The first-order valence-electron chi connectivity index (χ1n) is 7.57. The minimum atomic E-state index is 0.0638. The Hall–Kier alpha value is -1.81. The van der Waals surface area contributed by atoms with Crippen LogP contribution >= 0.6 is 0 Å². The van der Waals surface area contributed by atoms with E-state index < -0.39 is 0 Å². The normalized spacial score (nSPS) is 12.8. The molecule has 1 amide bonds. The predicted octanol–water partition coefficient (Wildman–Crippen LogP) is 3.34. The summed E-state index contributed by atoms with van der Waals surface area (Å²) in [6.45, 7) is 5.29. The first-order chi connectivity index (χ1) is 10.1. The summed E-state index contributed by atoms with van der Waals surface area (Å²) in [6, 6.07) is 10.1. The first-order valence-corrected chi connectivity index (χ1v) is 7.57. The van der Waals surface area contributed by atoms with Crippen molar-refractivity contribution >= 4 is 16.9 Å². The lowest BCUT2D eigenvalue weighted by molar-refractivity contribution is -0.122. The van der Waals surface area contributed by atoms with Gasteiger partial charge in [-0.2, -0.15) is 0 Å². The second kappa shape index (κ2) is 7.27. The van der Waals surface area contributed by atoms with Crippen molar-refractivity contribution in [1.29, 1.82) is 0 Å². The van der Waals surface area contributed by atoms with Crippen LogP contribution in [0.4, 0.5) is 0 Å². The van der Waals surface area contributed by atoms with E-state index in [1.54, 1.807) is 0 Å². The Balaban J connectivity index is 1.95. The van der Waals surface area contributed by atoms with Crippen LogP contribution in [-0.4, -0.2) is 30.9 Å². The van der Waals surface area contributed by atoms with Gasteiger partial charge in [0.2, 0.25) is 5.91 Å². The largest absolute Gasteiger partial charge is 0.459 e. The van der Waals surface area contributed by atoms with Gasteiger partial charge >= 0.3 is 0 Å². The number of carbonyl (C=O) groups is 1. The highest BCUT2D eigenvalue weighted by atomic mass is 16.3. The molecule has 0 bridgehead atoms. The van der Waals surface area contributed by atoms with E-state index in [1.807, 2.05) is 42.3 Å². The number of likely N-dealkylation sites (N-methyl/N-ethyl adjacent to an activating group) is 1. The Kier molecular flexibility index (Phi) is 5.39. The SMILES string of the molecule is CCCCNC(=O)CN(C)C(C)c1cc2ccccc2o1. The van der Waals surface area contributed by atoms with Gasteiger partial charge < -0.3 is 9.73 Å². The predicted molar refractivity (Wildman–Crippen MR) is 85.2 cm³/mol. The number of furan rings is 1. The van der Waals surface area contributed by atoms with Gasteiger partial charge in [-0.05, 0) is 32.5 Å². The van der Waals surface area contributed by atoms with Gasteiger partial charge in [-0.1, -0.05) is 31.5 Å². The molecule has 0 saturated heterocycles. The molecule has 0 aliphatic rings. The maximum Gasteiger partial charge on any atom is 0.234 e. The molecule has 21 heavy (non-hydrogen) atoms. The van der Waals surface area contributed by atoms with Crippen molar-refractivity contribution < 1.29 is 9.21 Å². The minimum absolute atomic E-state index is 0.0638. The van der Waals surface area contributed by atoms with Gasteiger partial charge in [-0.15, -0.1) is 0 Å². The third-order valence-corrected chi connectivity index (χ3v) is 3.76. The smallest absolute Gasteiger partial charge is 0.234 e. The zero-order valence-electron chi connectivity index (χ0n) is 13.1. The highest BCUT2D eigenvalue weighted by Crippen LogP contribution is 2.26. The molecule has 1 unspecified atom stereocenters. The van der Waals surface area contributed by atoms with Gasteiger partial charge in [0, 0.05) is 11.9 Å². The molecule has 2 aromatic rings. The molecule has 4 nitrogen and oxygen atoms in total. The molecule has 1 aromatic carbocycles. The van der Waals surface area contributed by atoms with Crippen LogP contribution in [0.15, 0.2) is 34.7 Å². The Morgan fingerprint density at radius 2 is 2.14 bits per heavy atom. The van der Waals surface area contributed by atoms with Gasteiger partial charge in [0.25, 0.3) is 0 Å². The van der Waals surface area contributed by atoms with Crippen molar-refractivity contribution in [2.24, 2.45) is 0 Å².